The smallest absolute Gasteiger partial charge is 0.265 e. The van der Waals surface area contributed by atoms with Gasteiger partial charge in [0.15, 0.2) is 0 Å². The van der Waals surface area contributed by atoms with Crippen molar-refractivity contribution in [1.29, 1.82) is 0 Å². The monoisotopic (exact) mass is 374 g/mol. The molecule has 0 saturated heterocycles. The van der Waals surface area contributed by atoms with Crippen LogP contribution in [0.1, 0.15) is 19.5 Å². The van der Waals surface area contributed by atoms with Gasteiger partial charge in [-0.3, -0.25) is 4.79 Å². The van der Waals surface area contributed by atoms with E-state index in [2.05, 4.69) is 39.7 Å². The van der Waals surface area contributed by atoms with Gasteiger partial charge in [0, 0.05) is 10.6 Å². The number of H-pyrrole nitrogens is 1. The molecule has 6 heteroatoms. The lowest BCUT2D eigenvalue weighted by Crippen LogP contribution is -2.15. The molecule has 1 aromatic heterocycles. The normalized spacial score (nSPS) is 11.1. The summed E-state index contributed by atoms with van der Waals surface area (Å²) in [6, 6.07) is 5.07. The molecule has 0 bridgehead atoms. The van der Waals surface area contributed by atoms with Crippen molar-refractivity contribution in [2.24, 2.45) is 5.92 Å². The summed E-state index contributed by atoms with van der Waals surface area (Å²) in [6.45, 7) is 4.14. The third-order valence-electron chi connectivity index (χ3n) is 2.72. The first-order valence-electron chi connectivity index (χ1n) is 6.12. The fraction of sp³-hybridized carbons (Fsp3) is 0.286. The maximum Gasteiger partial charge on any atom is 0.265 e. The van der Waals surface area contributed by atoms with Crippen LogP contribution in [0.4, 0.5) is 0 Å². The molecule has 0 atom stereocenters. The van der Waals surface area contributed by atoms with Gasteiger partial charge in [-0.1, -0.05) is 37.0 Å². The SMILES string of the molecule is CC(C)Cc1nc(-c2cc(Cl)ccc2Cl)[nH]c(=O)c1Br. The van der Waals surface area contributed by atoms with E-state index < -0.39 is 0 Å². The highest BCUT2D eigenvalue weighted by Gasteiger charge is 2.14. The number of nitrogens with zero attached hydrogens (tertiary/aromatic N) is 1. The third kappa shape index (κ3) is 3.43. The van der Waals surface area contributed by atoms with Gasteiger partial charge in [0.25, 0.3) is 5.56 Å². The van der Waals surface area contributed by atoms with Gasteiger partial charge in [0.2, 0.25) is 0 Å². The molecule has 0 amide bonds. The van der Waals surface area contributed by atoms with Crippen LogP contribution in [0, 0.1) is 5.92 Å². The Morgan fingerprint density at radius 1 is 1.35 bits per heavy atom. The Labute approximate surface area is 135 Å². The first kappa shape index (κ1) is 15.5. The van der Waals surface area contributed by atoms with Crippen molar-refractivity contribution < 1.29 is 0 Å². The van der Waals surface area contributed by atoms with Crippen molar-refractivity contribution in [2.75, 3.05) is 0 Å². The molecule has 0 fully saturated rings. The second kappa shape index (κ2) is 6.29. The Kier molecular flexibility index (Phi) is 4.89. The number of rotatable bonds is 3. The summed E-state index contributed by atoms with van der Waals surface area (Å²) < 4.78 is 0.466. The van der Waals surface area contributed by atoms with E-state index >= 15 is 0 Å². The Balaban J connectivity index is 2.60. The van der Waals surface area contributed by atoms with Crippen molar-refractivity contribution in [1.82, 2.24) is 9.97 Å². The van der Waals surface area contributed by atoms with Crippen molar-refractivity contribution in [3.63, 3.8) is 0 Å². The third-order valence-corrected chi connectivity index (χ3v) is 4.10. The summed E-state index contributed by atoms with van der Waals surface area (Å²) >= 11 is 15.4. The average molecular weight is 376 g/mol. The summed E-state index contributed by atoms with van der Waals surface area (Å²) in [5.74, 6) is 0.824. The molecule has 0 aliphatic heterocycles. The van der Waals surface area contributed by atoms with E-state index in [1.807, 2.05) is 0 Å². The number of benzene rings is 1. The van der Waals surface area contributed by atoms with Crippen molar-refractivity contribution in [3.05, 3.63) is 48.8 Å². The van der Waals surface area contributed by atoms with Crippen LogP contribution in [0.25, 0.3) is 11.4 Å². The van der Waals surface area contributed by atoms with Gasteiger partial charge in [-0.2, -0.15) is 0 Å². The van der Waals surface area contributed by atoms with Crippen LogP contribution in [0.5, 0.6) is 0 Å². The predicted octanol–water partition coefficient (Wildman–Crippen LogP) is 4.70. The first-order chi connectivity index (χ1) is 9.38. The van der Waals surface area contributed by atoms with Gasteiger partial charge in [0.05, 0.1) is 10.7 Å². The molecule has 0 unspecified atom stereocenters. The van der Waals surface area contributed by atoms with Crippen LogP contribution in [0.2, 0.25) is 10.0 Å². The highest BCUT2D eigenvalue weighted by Crippen LogP contribution is 2.28. The lowest BCUT2D eigenvalue weighted by Gasteiger charge is -2.10. The van der Waals surface area contributed by atoms with Gasteiger partial charge >= 0.3 is 0 Å². The molecule has 0 aliphatic carbocycles. The molecule has 0 saturated carbocycles. The van der Waals surface area contributed by atoms with Gasteiger partial charge in [-0.25, -0.2) is 4.98 Å². The quantitative estimate of drug-likeness (QED) is 0.844. The maximum absolute atomic E-state index is 12.0. The van der Waals surface area contributed by atoms with Crippen LogP contribution in [0.3, 0.4) is 0 Å². The summed E-state index contributed by atoms with van der Waals surface area (Å²) in [4.78, 5) is 19.2. The van der Waals surface area contributed by atoms with E-state index in [0.717, 1.165) is 5.69 Å². The van der Waals surface area contributed by atoms with Gasteiger partial charge in [-0.05, 0) is 46.5 Å². The molecule has 1 N–H and O–H groups in total. The zero-order chi connectivity index (χ0) is 14.9. The maximum atomic E-state index is 12.0. The van der Waals surface area contributed by atoms with E-state index in [1.165, 1.54) is 0 Å². The molecule has 3 nitrogen and oxygen atoms in total. The van der Waals surface area contributed by atoms with E-state index in [-0.39, 0.29) is 5.56 Å². The average Bonchev–Trinajstić information content (AvgIpc) is 2.37. The van der Waals surface area contributed by atoms with Crippen LogP contribution < -0.4 is 5.56 Å². The summed E-state index contributed by atoms with van der Waals surface area (Å²) in [5, 5.41) is 1.04. The Morgan fingerprint density at radius 2 is 2.05 bits per heavy atom. The summed E-state index contributed by atoms with van der Waals surface area (Å²) in [6.07, 6.45) is 0.704. The van der Waals surface area contributed by atoms with Crippen molar-refractivity contribution in [2.45, 2.75) is 20.3 Å². The number of aromatic amines is 1. The van der Waals surface area contributed by atoms with Gasteiger partial charge < -0.3 is 4.98 Å². The number of hydrogen-bond donors (Lipinski definition) is 1. The van der Waals surface area contributed by atoms with Crippen LogP contribution in [0.15, 0.2) is 27.5 Å². The molecular weight excluding hydrogens is 363 g/mol. The van der Waals surface area contributed by atoms with E-state index in [1.54, 1.807) is 18.2 Å². The molecule has 1 heterocycles. The minimum atomic E-state index is -0.221. The lowest BCUT2D eigenvalue weighted by atomic mass is 10.1. The molecule has 2 aromatic rings. The van der Waals surface area contributed by atoms with Crippen molar-refractivity contribution >= 4 is 39.1 Å². The largest absolute Gasteiger partial charge is 0.305 e. The molecule has 0 spiro atoms. The zero-order valence-corrected chi connectivity index (χ0v) is 14.1. The van der Waals surface area contributed by atoms with Gasteiger partial charge in [-0.15, -0.1) is 0 Å². The highest BCUT2D eigenvalue weighted by atomic mass is 79.9. The minimum absolute atomic E-state index is 0.221. The molecule has 0 aliphatic rings. The second-order valence-corrected chi connectivity index (χ2v) is 6.53. The van der Waals surface area contributed by atoms with E-state index in [4.69, 9.17) is 23.2 Å². The number of hydrogen-bond acceptors (Lipinski definition) is 2. The molecule has 106 valence electrons. The summed E-state index contributed by atoms with van der Waals surface area (Å²) in [5.41, 5.74) is 1.12. The van der Waals surface area contributed by atoms with Crippen LogP contribution in [-0.4, -0.2) is 9.97 Å². The Morgan fingerprint density at radius 3 is 2.70 bits per heavy atom. The van der Waals surface area contributed by atoms with Crippen LogP contribution >= 0.6 is 39.1 Å². The van der Waals surface area contributed by atoms with E-state index in [0.29, 0.717) is 38.2 Å². The zero-order valence-electron chi connectivity index (χ0n) is 11.0. The molecule has 1 aromatic carbocycles. The summed E-state index contributed by atoms with van der Waals surface area (Å²) in [7, 11) is 0. The highest BCUT2D eigenvalue weighted by molar-refractivity contribution is 9.10. The molecular formula is C14H13BrCl2N2O. The Hall–Kier alpha value is -0.840. The first-order valence-corrected chi connectivity index (χ1v) is 7.67. The standard InChI is InChI=1S/C14H13BrCl2N2O/c1-7(2)5-11-12(15)14(20)19-13(18-11)9-6-8(16)3-4-10(9)17/h3-4,6-7H,5H2,1-2H3,(H,18,19,20). The molecule has 2 rings (SSSR count). The molecule has 0 radical (unpaired) electrons. The fourth-order valence-corrected chi connectivity index (χ4v) is 2.56. The van der Waals surface area contributed by atoms with E-state index in [9.17, 15) is 4.79 Å². The second-order valence-electron chi connectivity index (χ2n) is 4.90. The molecule has 20 heavy (non-hydrogen) atoms. The number of halogens is 3. The Bertz CT molecular complexity index is 698. The fourth-order valence-electron chi connectivity index (χ4n) is 1.83. The number of nitrogens with one attached hydrogen (secondary N) is 1. The van der Waals surface area contributed by atoms with Gasteiger partial charge in [0.1, 0.15) is 10.3 Å². The number of aromatic nitrogens is 2. The predicted molar refractivity (Wildman–Crippen MR) is 86.6 cm³/mol. The van der Waals surface area contributed by atoms with Crippen molar-refractivity contribution in [3.8, 4) is 11.4 Å². The minimum Gasteiger partial charge on any atom is -0.305 e. The lowest BCUT2D eigenvalue weighted by molar-refractivity contribution is 0.631. The van der Waals surface area contributed by atoms with Crippen LogP contribution in [-0.2, 0) is 6.42 Å². The topological polar surface area (TPSA) is 45.8 Å².